The van der Waals surface area contributed by atoms with E-state index in [1.807, 2.05) is 36.4 Å². The van der Waals surface area contributed by atoms with Crippen molar-refractivity contribution in [3.63, 3.8) is 0 Å². The Bertz CT molecular complexity index is 994. The van der Waals surface area contributed by atoms with Crippen molar-refractivity contribution in [2.24, 2.45) is 4.99 Å². The lowest BCUT2D eigenvalue weighted by atomic mass is 9.97. The highest BCUT2D eigenvalue weighted by molar-refractivity contribution is 6.13. The quantitative estimate of drug-likeness (QED) is 0.427. The van der Waals surface area contributed by atoms with Crippen LogP contribution >= 0.6 is 0 Å². The lowest BCUT2D eigenvalue weighted by Crippen LogP contribution is -2.02. The lowest BCUT2D eigenvalue weighted by Gasteiger charge is -2.11. The summed E-state index contributed by atoms with van der Waals surface area (Å²) in [5, 5.41) is 8.95. The van der Waals surface area contributed by atoms with Crippen molar-refractivity contribution in [3.05, 3.63) is 113 Å². The van der Waals surface area contributed by atoms with Gasteiger partial charge in [0.1, 0.15) is 0 Å². The Kier molecular flexibility index (Phi) is 5.66. The molecule has 1 atom stereocenters. The normalized spacial score (nSPS) is 17.2. The first-order valence-corrected chi connectivity index (χ1v) is 9.91. The molecule has 3 aromatic rings. The van der Waals surface area contributed by atoms with Crippen LogP contribution in [0.1, 0.15) is 41.9 Å². The van der Waals surface area contributed by atoms with Crippen molar-refractivity contribution in [2.75, 3.05) is 0 Å². The Balaban J connectivity index is 1.60. The number of aliphatic carboxylic acids is 1. The van der Waals surface area contributed by atoms with Crippen LogP contribution < -0.4 is 0 Å². The van der Waals surface area contributed by atoms with E-state index in [1.54, 1.807) is 0 Å². The fraction of sp³-hybridized carbons (Fsp3) is 0.154. The zero-order valence-corrected chi connectivity index (χ0v) is 16.2. The summed E-state index contributed by atoms with van der Waals surface area (Å²) >= 11 is 0. The monoisotopic (exact) mass is 381 g/mol. The highest BCUT2D eigenvalue weighted by Crippen LogP contribution is 2.38. The third-order valence-corrected chi connectivity index (χ3v) is 5.35. The number of allylic oxidation sites excluding steroid dienone is 1. The van der Waals surface area contributed by atoms with Crippen LogP contribution in [0, 0.1) is 0 Å². The molecule has 144 valence electrons. The Morgan fingerprint density at radius 3 is 2.00 bits per heavy atom. The number of carbonyl (C=O) groups is 1. The van der Waals surface area contributed by atoms with Gasteiger partial charge in [-0.1, -0.05) is 78.4 Å². The smallest absolute Gasteiger partial charge is 0.328 e. The van der Waals surface area contributed by atoms with Crippen LogP contribution in [0.4, 0.5) is 5.69 Å². The number of hydrogen-bond donors (Lipinski definition) is 1. The molecule has 0 unspecified atom stereocenters. The van der Waals surface area contributed by atoms with Gasteiger partial charge in [0.2, 0.25) is 0 Å². The molecular formula is C26H23NO2. The molecule has 3 aromatic carbocycles. The van der Waals surface area contributed by atoms with E-state index in [0.717, 1.165) is 47.4 Å². The fourth-order valence-electron chi connectivity index (χ4n) is 3.91. The molecule has 1 aliphatic rings. The van der Waals surface area contributed by atoms with E-state index < -0.39 is 5.97 Å². The van der Waals surface area contributed by atoms with Gasteiger partial charge in [0.15, 0.2) is 0 Å². The molecule has 0 saturated heterocycles. The third kappa shape index (κ3) is 4.69. The molecular weight excluding hydrogens is 358 g/mol. The van der Waals surface area contributed by atoms with Crippen LogP contribution in [0.2, 0.25) is 0 Å². The van der Waals surface area contributed by atoms with E-state index in [9.17, 15) is 4.79 Å². The summed E-state index contributed by atoms with van der Waals surface area (Å²) in [4.78, 5) is 15.8. The van der Waals surface area contributed by atoms with Crippen LogP contribution in [-0.2, 0) is 4.79 Å². The minimum absolute atomic E-state index is 0.390. The van der Waals surface area contributed by atoms with Gasteiger partial charge in [-0.15, -0.1) is 0 Å². The van der Waals surface area contributed by atoms with Crippen molar-refractivity contribution >= 4 is 17.4 Å². The zero-order chi connectivity index (χ0) is 20.1. The molecule has 0 bridgehead atoms. The van der Waals surface area contributed by atoms with Crippen molar-refractivity contribution < 1.29 is 9.90 Å². The number of benzene rings is 3. The first-order valence-electron chi connectivity index (χ1n) is 9.91. The number of carboxylic acids is 1. The summed E-state index contributed by atoms with van der Waals surface area (Å²) in [6, 6.07) is 28.8. The summed E-state index contributed by atoms with van der Waals surface area (Å²) in [6.07, 6.45) is 4.06. The predicted molar refractivity (Wildman–Crippen MR) is 117 cm³/mol. The standard InChI is InChI=1S/C26H23NO2/c28-25(29)18-19-11-12-23(17-19)20-13-15-24(16-14-20)27-26(21-7-3-1-4-8-21)22-9-5-2-6-10-22/h1-10,13-16,18,23H,11-12,17H2,(H,28,29)/b19-18+/t23-/m1/s1. The van der Waals surface area contributed by atoms with Gasteiger partial charge >= 0.3 is 5.97 Å². The third-order valence-electron chi connectivity index (χ3n) is 5.35. The number of aliphatic imine (C=N–C) groups is 1. The lowest BCUT2D eigenvalue weighted by molar-refractivity contribution is -0.131. The average Bonchev–Trinajstić information content (AvgIpc) is 3.21. The molecule has 0 radical (unpaired) electrons. The predicted octanol–water partition coefficient (Wildman–Crippen LogP) is 6.13. The number of rotatable bonds is 5. The van der Waals surface area contributed by atoms with Gasteiger partial charge in [-0.05, 0) is 42.9 Å². The van der Waals surface area contributed by atoms with Crippen LogP contribution in [0.5, 0.6) is 0 Å². The number of carboxylic acid groups (broad SMARTS) is 1. The minimum Gasteiger partial charge on any atom is -0.478 e. The van der Waals surface area contributed by atoms with Gasteiger partial charge < -0.3 is 5.11 Å². The molecule has 1 N–H and O–H groups in total. The van der Waals surface area contributed by atoms with Crippen molar-refractivity contribution in [1.82, 2.24) is 0 Å². The molecule has 0 aliphatic heterocycles. The Morgan fingerprint density at radius 1 is 0.862 bits per heavy atom. The molecule has 0 amide bonds. The van der Waals surface area contributed by atoms with E-state index >= 15 is 0 Å². The first-order chi connectivity index (χ1) is 14.2. The van der Waals surface area contributed by atoms with E-state index in [4.69, 9.17) is 10.1 Å². The summed E-state index contributed by atoms with van der Waals surface area (Å²) in [7, 11) is 0. The van der Waals surface area contributed by atoms with E-state index in [2.05, 4.69) is 48.5 Å². The maximum Gasteiger partial charge on any atom is 0.328 e. The molecule has 0 spiro atoms. The van der Waals surface area contributed by atoms with Gasteiger partial charge in [0, 0.05) is 17.2 Å². The number of nitrogens with zero attached hydrogens (tertiary/aromatic N) is 1. The molecule has 1 aliphatic carbocycles. The molecule has 1 saturated carbocycles. The molecule has 4 rings (SSSR count). The SMILES string of the molecule is O=C(O)/C=C1\CC[C@@H](c2ccc(N=C(c3ccccc3)c3ccccc3)cc2)C1. The highest BCUT2D eigenvalue weighted by atomic mass is 16.4. The summed E-state index contributed by atoms with van der Waals surface area (Å²) in [6.45, 7) is 0. The second-order valence-corrected chi connectivity index (χ2v) is 7.36. The van der Waals surface area contributed by atoms with Gasteiger partial charge in [-0.2, -0.15) is 0 Å². The second kappa shape index (κ2) is 8.70. The molecule has 3 heteroatoms. The fourth-order valence-corrected chi connectivity index (χ4v) is 3.91. The Labute approximate surface area is 171 Å². The van der Waals surface area contributed by atoms with Gasteiger partial charge in [-0.3, -0.25) is 0 Å². The summed E-state index contributed by atoms with van der Waals surface area (Å²) in [5.41, 5.74) is 6.31. The molecule has 0 heterocycles. The van der Waals surface area contributed by atoms with Crippen LogP contribution in [-0.4, -0.2) is 16.8 Å². The Hall–Kier alpha value is -3.46. The molecule has 29 heavy (non-hydrogen) atoms. The molecule has 3 nitrogen and oxygen atoms in total. The summed E-state index contributed by atoms with van der Waals surface area (Å²) in [5.74, 6) is -0.457. The van der Waals surface area contributed by atoms with Crippen molar-refractivity contribution in [3.8, 4) is 0 Å². The number of hydrogen-bond acceptors (Lipinski definition) is 2. The van der Waals surface area contributed by atoms with E-state index in [-0.39, 0.29) is 0 Å². The van der Waals surface area contributed by atoms with Gasteiger partial charge in [0.25, 0.3) is 0 Å². The zero-order valence-electron chi connectivity index (χ0n) is 16.2. The van der Waals surface area contributed by atoms with Crippen LogP contribution in [0.3, 0.4) is 0 Å². The van der Waals surface area contributed by atoms with Crippen molar-refractivity contribution in [1.29, 1.82) is 0 Å². The maximum atomic E-state index is 10.9. The average molecular weight is 381 g/mol. The first kappa shape index (κ1) is 18.9. The molecule has 1 fully saturated rings. The van der Waals surface area contributed by atoms with Gasteiger partial charge in [-0.25, -0.2) is 9.79 Å². The largest absolute Gasteiger partial charge is 0.478 e. The molecule has 0 aromatic heterocycles. The van der Waals surface area contributed by atoms with E-state index in [0.29, 0.717) is 5.92 Å². The summed E-state index contributed by atoms with van der Waals surface area (Å²) < 4.78 is 0. The van der Waals surface area contributed by atoms with Gasteiger partial charge in [0.05, 0.1) is 11.4 Å². The van der Waals surface area contributed by atoms with Crippen LogP contribution in [0.25, 0.3) is 0 Å². The Morgan fingerprint density at radius 2 is 1.45 bits per heavy atom. The second-order valence-electron chi connectivity index (χ2n) is 7.36. The van der Waals surface area contributed by atoms with Crippen LogP contribution in [0.15, 0.2) is 102 Å². The van der Waals surface area contributed by atoms with E-state index in [1.165, 1.54) is 11.6 Å². The topological polar surface area (TPSA) is 49.7 Å². The minimum atomic E-state index is -0.848. The highest BCUT2D eigenvalue weighted by Gasteiger charge is 2.21. The maximum absolute atomic E-state index is 10.9. The van der Waals surface area contributed by atoms with Crippen molar-refractivity contribution in [2.45, 2.75) is 25.2 Å².